The first-order chi connectivity index (χ1) is 10.6. The molecule has 0 bridgehead atoms. The standard InChI is InChI=1S/C15H24N4O3.ClH/c1-17-9-12(14(16-17)22-2)15(21)19-7-5-18(6-8-19)10-13(20)11-3-4-11;/h9,11,13,20H,3-8,10H2,1-2H3;1H. The van der Waals surface area contributed by atoms with E-state index < -0.39 is 0 Å². The molecule has 130 valence electrons. The van der Waals surface area contributed by atoms with Gasteiger partial charge < -0.3 is 14.7 Å². The molecule has 1 saturated heterocycles. The predicted octanol–water partition coefficient (Wildman–Crippen LogP) is 0.379. The Kier molecular flexibility index (Phi) is 5.89. The highest BCUT2D eigenvalue weighted by Crippen LogP contribution is 2.33. The van der Waals surface area contributed by atoms with Gasteiger partial charge >= 0.3 is 0 Å². The average Bonchev–Trinajstić information content (AvgIpc) is 3.30. The molecule has 1 N–H and O–H groups in total. The van der Waals surface area contributed by atoms with Crippen LogP contribution in [0.15, 0.2) is 6.20 Å². The number of aliphatic hydroxyl groups excluding tert-OH is 1. The quantitative estimate of drug-likeness (QED) is 0.836. The second-order valence-electron chi connectivity index (χ2n) is 6.22. The van der Waals surface area contributed by atoms with Crippen LogP contribution in [0.1, 0.15) is 23.2 Å². The van der Waals surface area contributed by atoms with Crippen LogP contribution in [0.4, 0.5) is 0 Å². The summed E-state index contributed by atoms with van der Waals surface area (Å²) in [4.78, 5) is 16.6. The van der Waals surface area contributed by atoms with E-state index in [1.165, 1.54) is 7.11 Å². The van der Waals surface area contributed by atoms with Crippen LogP contribution in [0.25, 0.3) is 0 Å². The number of carbonyl (C=O) groups excluding carboxylic acids is 1. The zero-order valence-corrected chi connectivity index (χ0v) is 14.5. The number of methoxy groups -OCH3 is 1. The van der Waals surface area contributed by atoms with E-state index in [1.54, 1.807) is 17.9 Å². The van der Waals surface area contributed by atoms with Crippen molar-refractivity contribution < 1.29 is 14.6 Å². The van der Waals surface area contributed by atoms with Crippen molar-refractivity contribution in [1.29, 1.82) is 0 Å². The molecule has 1 amide bonds. The molecule has 2 fully saturated rings. The summed E-state index contributed by atoms with van der Waals surface area (Å²) < 4.78 is 6.75. The maximum atomic E-state index is 12.6. The normalized spacial score (nSPS) is 20.0. The van der Waals surface area contributed by atoms with Gasteiger partial charge in [-0.1, -0.05) is 0 Å². The van der Waals surface area contributed by atoms with Gasteiger partial charge in [0.25, 0.3) is 5.91 Å². The highest BCUT2D eigenvalue weighted by atomic mass is 35.5. The smallest absolute Gasteiger partial charge is 0.261 e. The summed E-state index contributed by atoms with van der Waals surface area (Å²) in [6, 6.07) is 0. The van der Waals surface area contributed by atoms with Crippen LogP contribution in [0.3, 0.4) is 0 Å². The minimum absolute atomic E-state index is 0. The Morgan fingerprint density at radius 3 is 2.61 bits per heavy atom. The molecule has 1 aliphatic carbocycles. The SMILES string of the molecule is COc1nn(C)cc1C(=O)N1CCN(CC(O)C2CC2)CC1.Cl. The monoisotopic (exact) mass is 344 g/mol. The Hall–Kier alpha value is -1.31. The van der Waals surface area contributed by atoms with Gasteiger partial charge in [0, 0.05) is 46.0 Å². The first kappa shape index (κ1) is 18.0. The maximum absolute atomic E-state index is 12.6. The van der Waals surface area contributed by atoms with Crippen LogP contribution >= 0.6 is 12.4 Å². The Labute approximate surface area is 142 Å². The maximum Gasteiger partial charge on any atom is 0.261 e. The largest absolute Gasteiger partial charge is 0.479 e. The summed E-state index contributed by atoms with van der Waals surface area (Å²) in [7, 11) is 3.30. The number of aryl methyl sites for hydroxylation is 1. The number of carbonyl (C=O) groups is 1. The summed E-state index contributed by atoms with van der Waals surface area (Å²) in [5, 5.41) is 14.1. The number of hydrogen-bond acceptors (Lipinski definition) is 5. The van der Waals surface area contributed by atoms with Gasteiger partial charge in [0.15, 0.2) is 0 Å². The third-order valence-electron chi connectivity index (χ3n) is 4.49. The lowest BCUT2D eigenvalue weighted by Crippen LogP contribution is -2.50. The Bertz CT molecular complexity index is 539. The topological polar surface area (TPSA) is 70.8 Å². The van der Waals surface area contributed by atoms with Crippen molar-refractivity contribution in [3.63, 3.8) is 0 Å². The lowest BCUT2D eigenvalue weighted by atomic mass is 10.2. The van der Waals surface area contributed by atoms with Crippen LogP contribution in [0.2, 0.25) is 0 Å². The number of halogens is 1. The van der Waals surface area contributed by atoms with Gasteiger partial charge in [-0.25, -0.2) is 0 Å². The van der Waals surface area contributed by atoms with Crippen molar-refractivity contribution in [2.75, 3.05) is 39.8 Å². The number of rotatable bonds is 5. The van der Waals surface area contributed by atoms with Crippen LogP contribution in [-0.4, -0.2) is 76.5 Å². The van der Waals surface area contributed by atoms with Crippen LogP contribution in [0, 0.1) is 5.92 Å². The van der Waals surface area contributed by atoms with Crippen molar-refractivity contribution in [2.24, 2.45) is 13.0 Å². The highest BCUT2D eigenvalue weighted by molar-refractivity contribution is 5.96. The van der Waals surface area contributed by atoms with E-state index in [0.717, 1.165) is 32.5 Å². The zero-order chi connectivity index (χ0) is 15.7. The van der Waals surface area contributed by atoms with Gasteiger partial charge in [-0.05, 0) is 18.8 Å². The molecule has 3 rings (SSSR count). The number of piperazine rings is 1. The average molecular weight is 345 g/mol. The highest BCUT2D eigenvalue weighted by Gasteiger charge is 2.32. The molecule has 1 unspecified atom stereocenters. The molecule has 2 heterocycles. The Morgan fingerprint density at radius 1 is 1.39 bits per heavy atom. The fourth-order valence-corrected chi connectivity index (χ4v) is 2.96. The van der Waals surface area contributed by atoms with Gasteiger partial charge in [0.1, 0.15) is 5.56 Å². The van der Waals surface area contributed by atoms with Crippen molar-refractivity contribution in [1.82, 2.24) is 19.6 Å². The van der Waals surface area contributed by atoms with Crippen molar-refractivity contribution in [3.05, 3.63) is 11.8 Å². The summed E-state index contributed by atoms with van der Waals surface area (Å²) in [5.74, 6) is 0.839. The van der Waals surface area contributed by atoms with E-state index in [9.17, 15) is 9.90 Å². The van der Waals surface area contributed by atoms with Gasteiger partial charge in [-0.3, -0.25) is 14.4 Å². The van der Waals surface area contributed by atoms with Crippen LogP contribution in [-0.2, 0) is 7.05 Å². The number of hydrogen-bond donors (Lipinski definition) is 1. The molecular weight excluding hydrogens is 320 g/mol. The van der Waals surface area contributed by atoms with Crippen LogP contribution in [0.5, 0.6) is 5.88 Å². The summed E-state index contributed by atoms with van der Waals surface area (Å²) in [6.07, 6.45) is 3.80. The van der Waals surface area contributed by atoms with E-state index in [0.29, 0.717) is 30.5 Å². The van der Waals surface area contributed by atoms with Crippen molar-refractivity contribution >= 4 is 18.3 Å². The molecule has 23 heavy (non-hydrogen) atoms. The van der Waals surface area contributed by atoms with Crippen molar-refractivity contribution in [3.8, 4) is 5.88 Å². The summed E-state index contributed by atoms with van der Waals surface area (Å²) in [5.41, 5.74) is 0.511. The van der Waals surface area contributed by atoms with E-state index in [1.807, 2.05) is 4.90 Å². The Morgan fingerprint density at radius 2 is 2.04 bits per heavy atom. The third-order valence-corrected chi connectivity index (χ3v) is 4.49. The molecule has 0 spiro atoms. The number of aromatic nitrogens is 2. The van der Waals surface area contributed by atoms with E-state index in [4.69, 9.17) is 4.74 Å². The fourth-order valence-electron chi connectivity index (χ4n) is 2.96. The summed E-state index contributed by atoms with van der Waals surface area (Å²) in [6.45, 7) is 3.68. The van der Waals surface area contributed by atoms with Crippen molar-refractivity contribution in [2.45, 2.75) is 18.9 Å². The predicted molar refractivity (Wildman–Crippen MR) is 88.1 cm³/mol. The number of β-amino-alcohol motifs (C(OH)–C–C–N with tert-alkyl or cyclic N) is 1. The van der Waals surface area contributed by atoms with Gasteiger partial charge in [-0.15, -0.1) is 17.5 Å². The van der Waals surface area contributed by atoms with Gasteiger partial charge in [0.05, 0.1) is 13.2 Å². The number of nitrogens with zero attached hydrogens (tertiary/aromatic N) is 4. The third kappa shape index (κ3) is 4.16. The zero-order valence-electron chi connectivity index (χ0n) is 13.6. The second-order valence-corrected chi connectivity index (χ2v) is 6.22. The lowest BCUT2D eigenvalue weighted by Gasteiger charge is -2.35. The number of ether oxygens (including phenoxy) is 1. The fraction of sp³-hybridized carbons (Fsp3) is 0.733. The molecule has 2 aliphatic rings. The molecule has 0 aromatic carbocycles. The summed E-state index contributed by atoms with van der Waals surface area (Å²) >= 11 is 0. The molecule has 7 nitrogen and oxygen atoms in total. The number of amides is 1. The lowest BCUT2D eigenvalue weighted by molar-refractivity contribution is 0.0486. The van der Waals surface area contributed by atoms with E-state index in [-0.39, 0.29) is 24.4 Å². The second kappa shape index (κ2) is 7.51. The van der Waals surface area contributed by atoms with Crippen LogP contribution < -0.4 is 4.74 Å². The Balaban J connectivity index is 0.00000192. The van der Waals surface area contributed by atoms with E-state index in [2.05, 4.69) is 10.00 Å². The van der Waals surface area contributed by atoms with E-state index >= 15 is 0 Å². The first-order valence-corrected chi connectivity index (χ1v) is 7.86. The molecule has 1 aromatic heterocycles. The molecule has 1 aromatic rings. The molecular formula is C15H25ClN4O3. The minimum atomic E-state index is -0.208. The number of aliphatic hydroxyl groups is 1. The molecule has 8 heteroatoms. The first-order valence-electron chi connectivity index (χ1n) is 7.86. The molecule has 1 atom stereocenters. The minimum Gasteiger partial charge on any atom is -0.479 e. The molecule has 0 radical (unpaired) electrons. The molecule has 1 saturated carbocycles. The van der Waals surface area contributed by atoms with Gasteiger partial charge in [-0.2, -0.15) is 0 Å². The molecule has 1 aliphatic heterocycles. The van der Waals surface area contributed by atoms with Gasteiger partial charge in [0.2, 0.25) is 5.88 Å².